The highest BCUT2D eigenvalue weighted by molar-refractivity contribution is 6.61. The minimum atomic E-state index is -2.43. The van der Waals surface area contributed by atoms with Gasteiger partial charge in [-0.05, 0) is 54.4 Å². The summed E-state index contributed by atoms with van der Waals surface area (Å²) in [6.07, 6.45) is 21.4. The van der Waals surface area contributed by atoms with Crippen LogP contribution in [0.15, 0.2) is 0 Å². The van der Waals surface area contributed by atoms with Crippen LogP contribution in [-0.4, -0.2) is 57.3 Å². The van der Waals surface area contributed by atoms with Crippen molar-refractivity contribution < 1.29 is 26.6 Å². The van der Waals surface area contributed by atoms with Crippen molar-refractivity contribution in [1.29, 1.82) is 0 Å². The van der Waals surface area contributed by atoms with E-state index in [1.54, 1.807) is 0 Å². The van der Waals surface area contributed by atoms with Crippen molar-refractivity contribution >= 4 is 17.6 Å². The van der Waals surface area contributed by atoms with Crippen molar-refractivity contribution in [2.75, 3.05) is 39.6 Å². The topological polar surface area (TPSA) is 55.4 Å². The number of unbranched alkanes of at least 4 members (excludes halogenated alkanes) is 15. The Morgan fingerprint density at radius 3 is 0.579 bits per heavy atom. The maximum atomic E-state index is 5.96. The van der Waals surface area contributed by atoms with Gasteiger partial charge in [0.2, 0.25) is 0 Å². The van der Waals surface area contributed by atoms with Gasteiger partial charge in [0.15, 0.2) is 0 Å². The summed E-state index contributed by atoms with van der Waals surface area (Å²) in [5.74, 6) is 0. The monoisotopic (exact) mass is 578 g/mol. The van der Waals surface area contributed by atoms with Gasteiger partial charge in [-0.25, -0.2) is 0 Å². The molecule has 0 unspecified atom stereocenters. The summed E-state index contributed by atoms with van der Waals surface area (Å²) in [5.41, 5.74) is 0. The van der Waals surface area contributed by atoms with Crippen LogP contribution in [0.25, 0.3) is 0 Å². The maximum absolute atomic E-state index is 5.96. The zero-order valence-corrected chi connectivity index (χ0v) is 28.4. The molecule has 230 valence electrons. The molecule has 0 aliphatic heterocycles. The van der Waals surface area contributed by atoms with Gasteiger partial charge in [0.1, 0.15) is 0 Å². The number of rotatable bonds is 31. The smallest absolute Gasteiger partial charge is 0.374 e. The molecule has 0 saturated heterocycles. The average Bonchev–Trinajstić information content (AvgIpc) is 2.89. The van der Waals surface area contributed by atoms with Crippen LogP contribution < -0.4 is 0 Å². The fourth-order valence-corrected chi connectivity index (χ4v) is 10.5. The Bertz CT molecular complexity index is 408. The molecule has 38 heavy (non-hydrogen) atoms. The van der Waals surface area contributed by atoms with Crippen LogP contribution in [0.2, 0.25) is 12.1 Å². The molecule has 8 heteroatoms. The van der Waals surface area contributed by atoms with Gasteiger partial charge in [-0.2, -0.15) is 0 Å². The molecule has 0 heterocycles. The Kier molecular flexibility index (Phi) is 27.5. The van der Waals surface area contributed by atoms with E-state index in [2.05, 4.69) is 0 Å². The van der Waals surface area contributed by atoms with Crippen LogP contribution in [-0.2, 0) is 26.6 Å². The first-order chi connectivity index (χ1) is 18.6. The van der Waals surface area contributed by atoms with Gasteiger partial charge in [-0.3, -0.25) is 0 Å². The first-order valence-electron chi connectivity index (χ1n) is 16.4. The molecule has 0 fully saturated rings. The third-order valence-electron chi connectivity index (χ3n) is 6.90. The Labute approximate surface area is 240 Å². The third-order valence-corrected chi connectivity index (χ3v) is 13.2. The fourth-order valence-electron chi connectivity index (χ4n) is 5.16. The Balaban J connectivity index is 3.60. The Hall–Kier alpha value is 0.194. The summed E-state index contributed by atoms with van der Waals surface area (Å²) in [4.78, 5) is 0. The second kappa shape index (κ2) is 27.4. The van der Waals surface area contributed by atoms with Crippen LogP contribution in [0, 0.1) is 0 Å². The minimum Gasteiger partial charge on any atom is -0.374 e. The third kappa shape index (κ3) is 20.1. The van der Waals surface area contributed by atoms with Gasteiger partial charge in [-0.15, -0.1) is 0 Å². The molecule has 0 aliphatic rings. The lowest BCUT2D eigenvalue weighted by molar-refractivity contribution is 0.0698. The molecule has 0 aromatic carbocycles. The van der Waals surface area contributed by atoms with Gasteiger partial charge in [0.25, 0.3) is 0 Å². The SMILES string of the molecule is CCO[Si](CCCCCCCCCCCCCCCCCC[Si](OCC)(OCC)OCC)(OCC)OCC. The standard InChI is InChI=1S/C30H66O6Si2/c1-7-31-37(32-8-2,33-9-3)29-27-25-23-21-19-17-15-13-14-16-18-20-22-24-26-28-30-38(34-10-4,35-11-5)36-12-6/h7-30H2,1-6H3. The molecule has 6 nitrogen and oxygen atoms in total. The average molecular weight is 579 g/mol. The zero-order valence-electron chi connectivity index (χ0n) is 26.4. The molecule has 0 bridgehead atoms. The summed E-state index contributed by atoms with van der Waals surface area (Å²) >= 11 is 0. The van der Waals surface area contributed by atoms with Gasteiger partial charge < -0.3 is 26.6 Å². The van der Waals surface area contributed by atoms with Gasteiger partial charge in [0, 0.05) is 51.7 Å². The lowest BCUT2D eigenvalue weighted by Gasteiger charge is -2.28. The van der Waals surface area contributed by atoms with Crippen molar-refractivity contribution in [2.45, 2.75) is 156 Å². The molecule has 0 aliphatic carbocycles. The number of hydrogen-bond acceptors (Lipinski definition) is 6. The van der Waals surface area contributed by atoms with Gasteiger partial charge >= 0.3 is 17.6 Å². The van der Waals surface area contributed by atoms with E-state index in [9.17, 15) is 0 Å². The van der Waals surface area contributed by atoms with Gasteiger partial charge in [0.05, 0.1) is 0 Å². The Morgan fingerprint density at radius 2 is 0.421 bits per heavy atom. The summed E-state index contributed by atoms with van der Waals surface area (Å²) in [6.45, 7) is 16.2. The molecule has 0 spiro atoms. The Morgan fingerprint density at radius 1 is 0.263 bits per heavy atom. The second-order valence-corrected chi connectivity index (χ2v) is 15.6. The first kappa shape index (κ1) is 38.2. The zero-order chi connectivity index (χ0) is 28.2. The molecule has 0 rings (SSSR count). The molecular weight excluding hydrogens is 512 g/mol. The highest BCUT2D eigenvalue weighted by atomic mass is 28.4. The van der Waals surface area contributed by atoms with E-state index >= 15 is 0 Å². The van der Waals surface area contributed by atoms with Crippen LogP contribution >= 0.6 is 0 Å². The van der Waals surface area contributed by atoms with Crippen molar-refractivity contribution in [3.63, 3.8) is 0 Å². The van der Waals surface area contributed by atoms with Crippen molar-refractivity contribution in [3.05, 3.63) is 0 Å². The second-order valence-electron chi connectivity index (χ2n) is 10.1. The van der Waals surface area contributed by atoms with E-state index in [1.165, 1.54) is 89.9 Å². The van der Waals surface area contributed by atoms with E-state index in [0.29, 0.717) is 39.6 Å². The highest BCUT2D eigenvalue weighted by Gasteiger charge is 2.40. The van der Waals surface area contributed by atoms with E-state index in [4.69, 9.17) is 26.6 Å². The number of hydrogen-bond donors (Lipinski definition) is 0. The molecule has 0 N–H and O–H groups in total. The first-order valence-corrected chi connectivity index (χ1v) is 20.3. The molecule has 0 amide bonds. The molecule has 0 aromatic rings. The van der Waals surface area contributed by atoms with Crippen LogP contribution in [0.3, 0.4) is 0 Å². The maximum Gasteiger partial charge on any atom is 0.500 e. The van der Waals surface area contributed by atoms with E-state index in [1.807, 2.05) is 41.5 Å². The predicted octanol–water partition coefficient (Wildman–Crippen LogP) is 9.32. The predicted molar refractivity (Wildman–Crippen MR) is 165 cm³/mol. The summed E-state index contributed by atoms with van der Waals surface area (Å²) in [5, 5.41) is 0. The summed E-state index contributed by atoms with van der Waals surface area (Å²) in [6, 6.07) is 1.92. The lowest BCUT2D eigenvalue weighted by Crippen LogP contribution is -2.45. The van der Waals surface area contributed by atoms with Crippen LogP contribution in [0.1, 0.15) is 144 Å². The van der Waals surface area contributed by atoms with E-state index in [0.717, 1.165) is 24.9 Å². The lowest BCUT2D eigenvalue weighted by atomic mass is 10.0. The van der Waals surface area contributed by atoms with Crippen molar-refractivity contribution in [3.8, 4) is 0 Å². The van der Waals surface area contributed by atoms with Crippen molar-refractivity contribution in [1.82, 2.24) is 0 Å². The van der Waals surface area contributed by atoms with Gasteiger partial charge in [-0.1, -0.05) is 89.9 Å². The van der Waals surface area contributed by atoms with Crippen molar-refractivity contribution in [2.24, 2.45) is 0 Å². The molecule has 0 saturated carbocycles. The summed E-state index contributed by atoms with van der Waals surface area (Å²) in [7, 11) is -4.87. The molecule has 0 radical (unpaired) electrons. The fraction of sp³-hybridized carbons (Fsp3) is 1.00. The highest BCUT2D eigenvalue weighted by Crippen LogP contribution is 2.22. The quantitative estimate of drug-likeness (QED) is 0.0603. The molecular formula is C30H66O6Si2. The molecule has 0 atom stereocenters. The summed E-state index contributed by atoms with van der Waals surface area (Å²) < 4.78 is 35.7. The van der Waals surface area contributed by atoms with E-state index < -0.39 is 17.6 Å². The molecule has 0 aromatic heterocycles. The van der Waals surface area contributed by atoms with E-state index in [-0.39, 0.29) is 0 Å². The van der Waals surface area contributed by atoms with Crippen LogP contribution in [0.5, 0.6) is 0 Å². The van der Waals surface area contributed by atoms with Crippen LogP contribution in [0.4, 0.5) is 0 Å². The largest absolute Gasteiger partial charge is 0.500 e. The normalized spacial score (nSPS) is 12.5. The minimum absolute atomic E-state index is 0.675.